The molecule has 2 N–H and O–H groups in total. The fraction of sp³-hybridized carbons (Fsp3) is 0.714. The van der Waals surface area contributed by atoms with Crippen LogP contribution in [0.5, 0.6) is 0 Å². The van der Waals surface area contributed by atoms with Crippen LogP contribution in [0.25, 0.3) is 0 Å². The highest BCUT2D eigenvalue weighted by Crippen LogP contribution is 2.31. The summed E-state index contributed by atoms with van der Waals surface area (Å²) in [7, 11) is 0. The van der Waals surface area contributed by atoms with E-state index in [0.717, 1.165) is 25.4 Å². The Bertz CT molecular complexity index is 410. The first-order valence-corrected chi connectivity index (χ1v) is 7.21. The molecule has 1 aliphatic carbocycles. The van der Waals surface area contributed by atoms with E-state index < -0.39 is 0 Å². The molecule has 0 radical (unpaired) electrons. The molecule has 1 aromatic heterocycles. The van der Waals surface area contributed by atoms with Crippen molar-refractivity contribution in [2.24, 2.45) is 11.8 Å². The van der Waals surface area contributed by atoms with Crippen LogP contribution in [-0.4, -0.2) is 23.1 Å². The van der Waals surface area contributed by atoms with Gasteiger partial charge in [0.1, 0.15) is 0 Å². The van der Waals surface area contributed by atoms with E-state index in [-0.39, 0.29) is 5.82 Å². The van der Waals surface area contributed by atoms with Gasteiger partial charge in [0.2, 0.25) is 5.95 Å². The summed E-state index contributed by atoms with van der Waals surface area (Å²) in [6.07, 6.45) is 6.00. The molecule has 0 saturated heterocycles. The van der Waals surface area contributed by atoms with Crippen LogP contribution in [0.2, 0.25) is 0 Å². The maximum Gasteiger partial charge on any atom is 0.224 e. The molecule has 1 fully saturated rings. The van der Waals surface area contributed by atoms with E-state index in [2.05, 4.69) is 34.4 Å². The van der Waals surface area contributed by atoms with Crippen LogP contribution in [0.1, 0.15) is 39.5 Å². The number of nitrogens with one attached hydrogen (secondary N) is 2. The van der Waals surface area contributed by atoms with Gasteiger partial charge in [-0.25, -0.2) is 9.37 Å². The lowest BCUT2D eigenvalue weighted by Gasteiger charge is -2.16. The Labute approximate surface area is 114 Å². The highest BCUT2D eigenvalue weighted by atomic mass is 19.1. The third-order valence-corrected chi connectivity index (χ3v) is 3.85. The van der Waals surface area contributed by atoms with Gasteiger partial charge in [0.25, 0.3) is 0 Å². The highest BCUT2D eigenvalue weighted by Gasteiger charge is 2.23. The fourth-order valence-electron chi connectivity index (χ4n) is 2.57. The number of anilines is 2. The molecular weight excluding hydrogens is 243 g/mol. The molecule has 0 spiro atoms. The quantitative estimate of drug-likeness (QED) is 0.829. The number of halogens is 1. The smallest absolute Gasteiger partial charge is 0.224 e. The van der Waals surface area contributed by atoms with Crippen LogP contribution in [0.4, 0.5) is 16.2 Å². The van der Waals surface area contributed by atoms with E-state index in [9.17, 15) is 4.39 Å². The Morgan fingerprint density at radius 3 is 2.89 bits per heavy atom. The summed E-state index contributed by atoms with van der Waals surface area (Å²) in [5.74, 6) is 1.77. The molecule has 2 rings (SSSR count). The maximum absolute atomic E-state index is 13.6. The predicted molar refractivity (Wildman–Crippen MR) is 75.8 cm³/mol. The Morgan fingerprint density at radius 2 is 2.21 bits per heavy atom. The summed E-state index contributed by atoms with van der Waals surface area (Å²) in [5, 5.41) is 6.21. The van der Waals surface area contributed by atoms with Crippen molar-refractivity contribution < 1.29 is 4.39 Å². The summed E-state index contributed by atoms with van der Waals surface area (Å²) in [4.78, 5) is 8.12. The largest absolute Gasteiger partial charge is 0.367 e. The van der Waals surface area contributed by atoms with Crippen LogP contribution in [0.3, 0.4) is 0 Å². The molecule has 0 amide bonds. The van der Waals surface area contributed by atoms with Crippen LogP contribution >= 0.6 is 0 Å². The van der Waals surface area contributed by atoms with Crippen LogP contribution in [-0.2, 0) is 0 Å². The van der Waals surface area contributed by atoms with Crippen molar-refractivity contribution in [1.29, 1.82) is 0 Å². The summed E-state index contributed by atoms with van der Waals surface area (Å²) >= 11 is 0. The standard InChI is InChI=1S/C14H23FN4/c1-3-7-16-14-18-9-12(15)13(19-14)17-8-11-6-4-5-10(11)2/h9-11H,3-8H2,1-2H3,(H2,16,17,18,19). The number of rotatable bonds is 6. The van der Waals surface area contributed by atoms with Crippen molar-refractivity contribution in [2.75, 3.05) is 23.7 Å². The second-order valence-corrected chi connectivity index (χ2v) is 5.37. The van der Waals surface area contributed by atoms with Crippen molar-refractivity contribution in [3.05, 3.63) is 12.0 Å². The van der Waals surface area contributed by atoms with Crippen LogP contribution in [0.15, 0.2) is 6.20 Å². The van der Waals surface area contributed by atoms with Gasteiger partial charge >= 0.3 is 0 Å². The first kappa shape index (κ1) is 14.0. The minimum Gasteiger partial charge on any atom is -0.367 e. The van der Waals surface area contributed by atoms with Crippen LogP contribution in [0, 0.1) is 17.7 Å². The number of hydrogen-bond acceptors (Lipinski definition) is 4. The normalized spacial score (nSPS) is 22.5. The molecule has 1 aliphatic rings. The van der Waals surface area contributed by atoms with Gasteiger partial charge in [-0.3, -0.25) is 0 Å². The van der Waals surface area contributed by atoms with Gasteiger partial charge in [-0.2, -0.15) is 4.98 Å². The lowest BCUT2D eigenvalue weighted by Crippen LogP contribution is -2.18. The van der Waals surface area contributed by atoms with Gasteiger partial charge in [0.05, 0.1) is 6.20 Å². The molecule has 2 unspecified atom stereocenters. The van der Waals surface area contributed by atoms with Gasteiger partial charge in [0.15, 0.2) is 11.6 Å². The molecular formula is C14H23FN4. The zero-order chi connectivity index (χ0) is 13.7. The molecule has 106 valence electrons. The summed E-state index contributed by atoms with van der Waals surface area (Å²) < 4.78 is 13.6. The molecule has 0 aliphatic heterocycles. The van der Waals surface area contributed by atoms with E-state index in [4.69, 9.17) is 0 Å². The number of nitrogens with zero attached hydrogens (tertiary/aromatic N) is 2. The molecule has 1 heterocycles. The minimum atomic E-state index is -0.382. The first-order valence-electron chi connectivity index (χ1n) is 7.21. The van der Waals surface area contributed by atoms with Gasteiger partial charge in [0, 0.05) is 13.1 Å². The predicted octanol–water partition coefficient (Wildman–Crippen LogP) is 3.29. The lowest BCUT2D eigenvalue weighted by molar-refractivity contribution is 0.438. The Morgan fingerprint density at radius 1 is 1.37 bits per heavy atom. The third-order valence-electron chi connectivity index (χ3n) is 3.85. The minimum absolute atomic E-state index is 0.313. The first-order chi connectivity index (χ1) is 9.20. The average Bonchev–Trinajstić information content (AvgIpc) is 2.82. The second-order valence-electron chi connectivity index (χ2n) is 5.37. The zero-order valence-electron chi connectivity index (χ0n) is 11.7. The summed E-state index contributed by atoms with van der Waals surface area (Å²) in [6.45, 7) is 5.92. The number of aromatic nitrogens is 2. The summed E-state index contributed by atoms with van der Waals surface area (Å²) in [6, 6.07) is 0. The van der Waals surface area contributed by atoms with Crippen molar-refractivity contribution >= 4 is 11.8 Å². The van der Waals surface area contributed by atoms with Crippen molar-refractivity contribution in [2.45, 2.75) is 39.5 Å². The average molecular weight is 266 g/mol. The third kappa shape index (κ3) is 3.78. The van der Waals surface area contributed by atoms with E-state index in [0.29, 0.717) is 17.7 Å². The van der Waals surface area contributed by atoms with E-state index in [1.807, 2.05) is 0 Å². The van der Waals surface area contributed by atoms with Gasteiger partial charge < -0.3 is 10.6 Å². The van der Waals surface area contributed by atoms with E-state index in [1.165, 1.54) is 25.5 Å². The molecule has 5 heteroatoms. The maximum atomic E-state index is 13.6. The van der Waals surface area contributed by atoms with Crippen LogP contribution < -0.4 is 10.6 Å². The number of hydrogen-bond donors (Lipinski definition) is 2. The molecule has 4 nitrogen and oxygen atoms in total. The van der Waals surface area contributed by atoms with E-state index in [1.54, 1.807) is 0 Å². The van der Waals surface area contributed by atoms with Gasteiger partial charge in [-0.15, -0.1) is 0 Å². The zero-order valence-corrected chi connectivity index (χ0v) is 11.7. The van der Waals surface area contributed by atoms with Gasteiger partial charge in [-0.05, 0) is 24.7 Å². The topological polar surface area (TPSA) is 49.8 Å². The fourth-order valence-corrected chi connectivity index (χ4v) is 2.57. The monoisotopic (exact) mass is 266 g/mol. The molecule has 0 aromatic carbocycles. The Hall–Kier alpha value is -1.39. The van der Waals surface area contributed by atoms with Crippen molar-refractivity contribution in [3.63, 3.8) is 0 Å². The van der Waals surface area contributed by atoms with Crippen molar-refractivity contribution in [3.8, 4) is 0 Å². The van der Waals surface area contributed by atoms with E-state index >= 15 is 0 Å². The molecule has 1 saturated carbocycles. The molecule has 1 aromatic rings. The molecule has 0 bridgehead atoms. The van der Waals surface area contributed by atoms with Crippen molar-refractivity contribution in [1.82, 2.24) is 9.97 Å². The lowest BCUT2D eigenvalue weighted by atomic mass is 9.98. The highest BCUT2D eigenvalue weighted by molar-refractivity contribution is 5.41. The summed E-state index contributed by atoms with van der Waals surface area (Å²) in [5.41, 5.74) is 0. The Balaban J connectivity index is 1.94. The SMILES string of the molecule is CCCNc1ncc(F)c(NCC2CCCC2C)n1. The molecule has 2 atom stereocenters. The molecule has 19 heavy (non-hydrogen) atoms. The Kier molecular flexibility index (Phi) is 4.93. The second kappa shape index (κ2) is 6.68. The van der Waals surface area contributed by atoms with Gasteiger partial charge in [-0.1, -0.05) is 26.7 Å².